The molecule has 7 nitrogen and oxygen atoms in total. The Bertz CT molecular complexity index is 866. The number of rotatable bonds is 9. The van der Waals surface area contributed by atoms with Crippen molar-refractivity contribution in [2.24, 2.45) is 0 Å². The average Bonchev–Trinajstić information content (AvgIpc) is 2.64. The Morgan fingerprint density at radius 3 is 2.22 bits per heavy atom. The van der Waals surface area contributed by atoms with Gasteiger partial charge in [-0.1, -0.05) is 30.3 Å². The Labute approximate surface area is 159 Å². The highest BCUT2D eigenvalue weighted by Crippen LogP contribution is 2.09. The summed E-state index contributed by atoms with van der Waals surface area (Å²) in [5.74, 6) is -0.505. The van der Waals surface area contributed by atoms with Gasteiger partial charge in [0.25, 0.3) is 5.91 Å². The summed E-state index contributed by atoms with van der Waals surface area (Å²) in [5.41, 5.74) is 1.99. The Balaban J connectivity index is 1.72. The lowest BCUT2D eigenvalue weighted by atomic mass is 10.2. The molecule has 0 spiro atoms. The van der Waals surface area contributed by atoms with Crippen LogP contribution < -0.4 is 15.4 Å². The van der Waals surface area contributed by atoms with Crippen LogP contribution in [-0.4, -0.2) is 39.1 Å². The minimum atomic E-state index is -3.40. The van der Waals surface area contributed by atoms with Crippen molar-refractivity contribution in [3.8, 4) is 0 Å². The summed E-state index contributed by atoms with van der Waals surface area (Å²) in [4.78, 5) is 23.0. The lowest BCUT2D eigenvalue weighted by molar-refractivity contribution is -0.114. The molecule has 0 aliphatic rings. The summed E-state index contributed by atoms with van der Waals surface area (Å²) in [7, 11) is -3.40. The molecule has 0 radical (unpaired) electrons. The van der Waals surface area contributed by atoms with Crippen LogP contribution in [0.15, 0.2) is 54.6 Å². The molecule has 0 saturated heterocycles. The molecule has 0 aliphatic carbocycles. The topological polar surface area (TPSA) is 104 Å². The molecule has 8 heteroatoms. The van der Waals surface area contributed by atoms with E-state index in [2.05, 4.69) is 15.4 Å². The lowest BCUT2D eigenvalue weighted by Gasteiger charge is -2.09. The zero-order valence-electron chi connectivity index (χ0n) is 15.1. The summed E-state index contributed by atoms with van der Waals surface area (Å²) in [6.07, 6.45) is 0.434. The van der Waals surface area contributed by atoms with Crippen LogP contribution in [0.1, 0.15) is 22.8 Å². The fourth-order valence-electron chi connectivity index (χ4n) is 2.36. The molecular weight excluding hydrogens is 366 g/mol. The van der Waals surface area contributed by atoms with E-state index in [-0.39, 0.29) is 30.7 Å². The third-order valence-electron chi connectivity index (χ3n) is 3.70. The fraction of sp³-hybridized carbons (Fsp3) is 0.263. The van der Waals surface area contributed by atoms with Crippen molar-refractivity contribution in [1.29, 1.82) is 0 Å². The molecule has 144 valence electrons. The van der Waals surface area contributed by atoms with Crippen molar-refractivity contribution in [3.63, 3.8) is 0 Å². The maximum absolute atomic E-state index is 12.0. The summed E-state index contributed by atoms with van der Waals surface area (Å²) >= 11 is 0. The van der Waals surface area contributed by atoms with Gasteiger partial charge in [-0.25, -0.2) is 13.1 Å². The second-order valence-corrected chi connectivity index (χ2v) is 7.89. The molecular formula is C19H23N3O4S. The summed E-state index contributed by atoms with van der Waals surface area (Å²) in [6.45, 7) is 1.70. The molecule has 3 N–H and O–H groups in total. The highest BCUT2D eigenvalue weighted by atomic mass is 32.2. The molecule has 2 rings (SSSR count). The van der Waals surface area contributed by atoms with Crippen molar-refractivity contribution >= 4 is 27.5 Å². The second kappa shape index (κ2) is 9.84. The third kappa shape index (κ3) is 7.59. The lowest BCUT2D eigenvalue weighted by Crippen LogP contribution is -2.36. The van der Waals surface area contributed by atoms with Crippen LogP contribution in [0.3, 0.4) is 0 Å². The first-order chi connectivity index (χ1) is 12.9. The van der Waals surface area contributed by atoms with Gasteiger partial charge in [-0.3, -0.25) is 9.59 Å². The number of aryl methyl sites for hydroxylation is 1. The zero-order chi connectivity index (χ0) is 19.7. The highest BCUT2D eigenvalue weighted by Gasteiger charge is 2.10. The normalized spacial score (nSPS) is 11.0. The van der Waals surface area contributed by atoms with E-state index in [1.165, 1.54) is 6.92 Å². The van der Waals surface area contributed by atoms with E-state index in [1.54, 1.807) is 24.3 Å². The molecule has 0 atom stereocenters. The maximum atomic E-state index is 12.0. The standard InChI is InChI=1S/C19H23N3O4S/c1-15(23)22-18-9-7-17(8-10-18)19(24)20-12-13-21-27(25,26)14-11-16-5-3-2-4-6-16/h2-10,21H,11-14H2,1H3,(H,20,24)(H,22,23). The largest absolute Gasteiger partial charge is 0.351 e. The number of amides is 2. The molecule has 2 aromatic rings. The number of benzene rings is 2. The number of carbonyl (C=O) groups excluding carboxylic acids is 2. The van der Waals surface area contributed by atoms with Crippen molar-refractivity contribution in [3.05, 3.63) is 65.7 Å². The van der Waals surface area contributed by atoms with Crippen molar-refractivity contribution in [2.45, 2.75) is 13.3 Å². The van der Waals surface area contributed by atoms with E-state index in [9.17, 15) is 18.0 Å². The first-order valence-electron chi connectivity index (χ1n) is 8.53. The number of anilines is 1. The molecule has 0 heterocycles. The SMILES string of the molecule is CC(=O)Nc1ccc(C(=O)NCCNS(=O)(=O)CCc2ccccc2)cc1. The number of sulfonamides is 1. The monoisotopic (exact) mass is 389 g/mol. The van der Waals surface area contributed by atoms with Gasteiger partial charge in [0, 0.05) is 31.3 Å². The molecule has 27 heavy (non-hydrogen) atoms. The quantitative estimate of drug-likeness (QED) is 0.566. The number of hydrogen-bond donors (Lipinski definition) is 3. The first kappa shape index (κ1) is 20.6. The van der Waals surface area contributed by atoms with Gasteiger partial charge in [-0.2, -0.15) is 0 Å². The van der Waals surface area contributed by atoms with Gasteiger partial charge in [-0.05, 0) is 36.2 Å². The van der Waals surface area contributed by atoms with Gasteiger partial charge < -0.3 is 10.6 Å². The highest BCUT2D eigenvalue weighted by molar-refractivity contribution is 7.89. The van der Waals surface area contributed by atoms with Crippen LogP contribution in [0.2, 0.25) is 0 Å². The van der Waals surface area contributed by atoms with E-state index in [0.717, 1.165) is 5.56 Å². The van der Waals surface area contributed by atoms with Gasteiger partial charge in [-0.15, -0.1) is 0 Å². The van der Waals surface area contributed by atoms with Crippen LogP contribution in [0.4, 0.5) is 5.69 Å². The minimum Gasteiger partial charge on any atom is -0.351 e. The third-order valence-corrected chi connectivity index (χ3v) is 5.09. The van der Waals surface area contributed by atoms with E-state index in [0.29, 0.717) is 17.7 Å². The number of nitrogens with one attached hydrogen (secondary N) is 3. The van der Waals surface area contributed by atoms with Gasteiger partial charge >= 0.3 is 0 Å². The zero-order valence-corrected chi connectivity index (χ0v) is 15.9. The number of hydrogen-bond acceptors (Lipinski definition) is 4. The van der Waals surface area contributed by atoms with Crippen molar-refractivity contribution in [1.82, 2.24) is 10.0 Å². The van der Waals surface area contributed by atoms with Crippen molar-refractivity contribution in [2.75, 3.05) is 24.2 Å². The van der Waals surface area contributed by atoms with Gasteiger partial charge in [0.15, 0.2) is 0 Å². The Morgan fingerprint density at radius 2 is 1.59 bits per heavy atom. The van der Waals surface area contributed by atoms with E-state index in [4.69, 9.17) is 0 Å². The van der Waals surface area contributed by atoms with E-state index in [1.807, 2.05) is 30.3 Å². The molecule has 0 aliphatic heterocycles. The molecule has 2 amide bonds. The molecule has 0 aromatic heterocycles. The van der Waals surface area contributed by atoms with Crippen LogP contribution in [-0.2, 0) is 21.2 Å². The molecule has 0 fully saturated rings. The minimum absolute atomic E-state index is 0.00439. The van der Waals surface area contributed by atoms with E-state index < -0.39 is 10.0 Å². The number of carbonyl (C=O) groups is 2. The molecule has 2 aromatic carbocycles. The summed E-state index contributed by atoms with van der Waals surface area (Å²) in [6, 6.07) is 15.8. The fourth-order valence-corrected chi connectivity index (χ4v) is 3.42. The predicted molar refractivity (Wildman–Crippen MR) is 105 cm³/mol. The second-order valence-electron chi connectivity index (χ2n) is 5.96. The van der Waals surface area contributed by atoms with Gasteiger partial charge in [0.1, 0.15) is 0 Å². The van der Waals surface area contributed by atoms with Gasteiger partial charge in [0.2, 0.25) is 15.9 Å². The first-order valence-corrected chi connectivity index (χ1v) is 10.2. The van der Waals surface area contributed by atoms with Crippen LogP contribution in [0, 0.1) is 0 Å². The molecule has 0 saturated carbocycles. The van der Waals surface area contributed by atoms with Crippen molar-refractivity contribution < 1.29 is 18.0 Å². The van der Waals surface area contributed by atoms with Crippen LogP contribution in [0.5, 0.6) is 0 Å². The van der Waals surface area contributed by atoms with E-state index >= 15 is 0 Å². The Hall–Kier alpha value is -2.71. The maximum Gasteiger partial charge on any atom is 0.251 e. The van der Waals surface area contributed by atoms with Gasteiger partial charge in [0.05, 0.1) is 5.75 Å². The van der Waals surface area contributed by atoms with Crippen LogP contribution >= 0.6 is 0 Å². The smallest absolute Gasteiger partial charge is 0.251 e. The summed E-state index contributed by atoms with van der Waals surface area (Å²) < 4.78 is 26.4. The Morgan fingerprint density at radius 1 is 0.926 bits per heavy atom. The molecule has 0 unspecified atom stereocenters. The Kier molecular flexibility index (Phi) is 7.51. The predicted octanol–water partition coefficient (Wildman–Crippen LogP) is 1.54. The van der Waals surface area contributed by atoms with Crippen LogP contribution in [0.25, 0.3) is 0 Å². The molecule has 0 bridgehead atoms. The summed E-state index contributed by atoms with van der Waals surface area (Å²) in [5, 5.41) is 5.27. The average molecular weight is 389 g/mol.